The van der Waals surface area contributed by atoms with E-state index in [1.54, 1.807) is 22.5 Å². The smallest absolute Gasteiger partial charge is 0.247 e. The zero-order valence-electron chi connectivity index (χ0n) is 21.8. The number of hydrogen-bond donors (Lipinski definition) is 4. The maximum Gasteiger partial charge on any atom is 0.247 e. The summed E-state index contributed by atoms with van der Waals surface area (Å²) in [5, 5.41) is 14.9. The molecule has 1 saturated heterocycles. The van der Waals surface area contributed by atoms with Gasteiger partial charge in [-0.25, -0.2) is 5.48 Å². The predicted molar refractivity (Wildman–Crippen MR) is 137 cm³/mol. The molecule has 0 aromatic heterocycles. The number of piperidine rings is 1. The van der Waals surface area contributed by atoms with E-state index in [1.165, 1.54) is 0 Å². The highest BCUT2D eigenvalue weighted by atomic mass is 16.5. The Kier molecular flexibility index (Phi) is 10.7. The minimum atomic E-state index is -0.941. The van der Waals surface area contributed by atoms with Gasteiger partial charge in [0.2, 0.25) is 23.6 Å². The minimum Gasteiger partial charge on any atom is -0.494 e. The van der Waals surface area contributed by atoms with Crippen LogP contribution in [-0.2, 0) is 25.6 Å². The molecule has 4 N–H and O–H groups in total. The van der Waals surface area contributed by atoms with E-state index in [4.69, 9.17) is 4.74 Å². The van der Waals surface area contributed by atoms with Gasteiger partial charge in [-0.15, -0.1) is 0 Å². The molecule has 1 fully saturated rings. The van der Waals surface area contributed by atoms with Gasteiger partial charge in [-0.05, 0) is 62.1 Å². The van der Waals surface area contributed by atoms with Gasteiger partial charge in [0, 0.05) is 25.4 Å². The Morgan fingerprint density at radius 3 is 2.43 bits per heavy atom. The van der Waals surface area contributed by atoms with Crippen LogP contribution in [0.4, 0.5) is 0 Å². The topological polar surface area (TPSA) is 137 Å². The molecule has 1 aromatic carbocycles. The molecule has 2 bridgehead atoms. The number of likely N-dealkylation sites (tertiary alicyclic amines) is 1. The van der Waals surface area contributed by atoms with Crippen molar-refractivity contribution < 1.29 is 29.1 Å². The number of carbonyl (C=O) groups excluding carboxylic acids is 4. The molecule has 3 aliphatic heterocycles. The Bertz CT molecular complexity index is 929. The van der Waals surface area contributed by atoms with Crippen LogP contribution in [0.15, 0.2) is 24.3 Å². The standard InChI is InChI=1S/C27H40N4O6/c1-18(2)15-22-21(26(34)30-36)7-6-14-37-20-10-8-19(9-11-20)16-23(29-25(22)33)27(35)28-17-24(32)31-12-4-3-5-13-31/h8-11,18,21-23,36H,3-7,12-17H2,1-2H3,(H,28,35)(H,29,33)(H,30,34)/t21-,22+,23-/m0/s1. The zero-order chi connectivity index (χ0) is 26.8. The molecule has 0 aliphatic carbocycles. The predicted octanol–water partition coefficient (Wildman–Crippen LogP) is 1.80. The SMILES string of the molecule is CC(C)C[C@H]1C(=O)N[C@H](C(=O)NCC(=O)N2CCCCC2)Cc2ccc(cc2)OCCC[C@@H]1C(=O)NO. The number of hydroxylamine groups is 1. The fourth-order valence-electron chi connectivity index (χ4n) is 5.04. The van der Waals surface area contributed by atoms with Gasteiger partial charge in [0.1, 0.15) is 11.8 Å². The van der Waals surface area contributed by atoms with E-state index in [9.17, 15) is 24.4 Å². The van der Waals surface area contributed by atoms with Gasteiger partial charge in [-0.1, -0.05) is 26.0 Å². The highest BCUT2D eigenvalue weighted by Crippen LogP contribution is 2.27. The number of nitrogens with zero attached hydrogens (tertiary/aromatic N) is 1. The van der Waals surface area contributed by atoms with Crippen LogP contribution < -0.4 is 20.9 Å². The summed E-state index contributed by atoms with van der Waals surface area (Å²) in [6.45, 7) is 5.51. The summed E-state index contributed by atoms with van der Waals surface area (Å²) in [6, 6.07) is 6.36. The van der Waals surface area contributed by atoms with Crippen molar-refractivity contribution in [2.24, 2.45) is 17.8 Å². The first-order valence-corrected chi connectivity index (χ1v) is 13.3. The summed E-state index contributed by atoms with van der Waals surface area (Å²) < 4.78 is 5.79. The summed E-state index contributed by atoms with van der Waals surface area (Å²) in [5.41, 5.74) is 2.52. The third-order valence-corrected chi connectivity index (χ3v) is 7.04. The van der Waals surface area contributed by atoms with Crippen molar-refractivity contribution in [3.05, 3.63) is 29.8 Å². The first kappa shape index (κ1) is 28.4. The van der Waals surface area contributed by atoms with Crippen LogP contribution >= 0.6 is 0 Å². The van der Waals surface area contributed by atoms with Crippen molar-refractivity contribution in [1.82, 2.24) is 21.0 Å². The molecule has 4 rings (SSSR count). The monoisotopic (exact) mass is 516 g/mol. The number of rotatable bonds is 6. The molecule has 10 nitrogen and oxygen atoms in total. The molecule has 4 amide bonds. The Morgan fingerprint density at radius 2 is 1.78 bits per heavy atom. The van der Waals surface area contributed by atoms with Gasteiger partial charge in [-0.3, -0.25) is 24.4 Å². The van der Waals surface area contributed by atoms with Gasteiger partial charge in [0.25, 0.3) is 0 Å². The van der Waals surface area contributed by atoms with E-state index in [2.05, 4.69) is 10.6 Å². The Labute approximate surface area is 218 Å². The van der Waals surface area contributed by atoms with Crippen molar-refractivity contribution in [2.75, 3.05) is 26.2 Å². The molecule has 204 valence electrons. The van der Waals surface area contributed by atoms with Crippen molar-refractivity contribution in [3.8, 4) is 5.75 Å². The molecule has 1 aromatic rings. The number of nitrogens with one attached hydrogen (secondary N) is 3. The Hall–Kier alpha value is -3.14. The van der Waals surface area contributed by atoms with Crippen LogP contribution in [0.5, 0.6) is 5.75 Å². The van der Waals surface area contributed by atoms with Crippen LogP contribution in [0.2, 0.25) is 0 Å². The molecule has 3 aliphatic rings. The molecule has 0 radical (unpaired) electrons. The van der Waals surface area contributed by atoms with E-state index < -0.39 is 35.6 Å². The lowest BCUT2D eigenvalue weighted by Crippen LogP contribution is -2.53. The highest BCUT2D eigenvalue weighted by molar-refractivity contribution is 5.93. The molecule has 0 unspecified atom stereocenters. The average Bonchev–Trinajstić information content (AvgIpc) is 2.90. The number of ether oxygens (including phenoxy) is 1. The van der Waals surface area contributed by atoms with Gasteiger partial charge in [0.05, 0.1) is 19.1 Å². The largest absolute Gasteiger partial charge is 0.494 e. The molecule has 37 heavy (non-hydrogen) atoms. The first-order chi connectivity index (χ1) is 17.8. The number of amides is 4. The molecule has 3 heterocycles. The Balaban J connectivity index is 1.82. The quantitative estimate of drug-likeness (QED) is 0.336. The molecular formula is C27H40N4O6. The van der Waals surface area contributed by atoms with E-state index in [1.807, 2.05) is 26.0 Å². The Morgan fingerprint density at radius 1 is 1.08 bits per heavy atom. The van der Waals surface area contributed by atoms with Crippen LogP contribution in [0.1, 0.15) is 57.9 Å². The molecule has 3 atom stereocenters. The van der Waals surface area contributed by atoms with E-state index in [0.29, 0.717) is 44.7 Å². The molecule has 10 heteroatoms. The van der Waals surface area contributed by atoms with Crippen molar-refractivity contribution in [3.63, 3.8) is 0 Å². The van der Waals surface area contributed by atoms with Crippen LogP contribution in [0.3, 0.4) is 0 Å². The van der Waals surface area contributed by atoms with Gasteiger partial charge < -0.3 is 20.3 Å². The fourth-order valence-corrected chi connectivity index (χ4v) is 5.04. The van der Waals surface area contributed by atoms with Crippen LogP contribution in [0, 0.1) is 17.8 Å². The lowest BCUT2D eigenvalue weighted by Gasteiger charge is -2.29. The second-order valence-corrected chi connectivity index (χ2v) is 10.4. The summed E-state index contributed by atoms with van der Waals surface area (Å²) >= 11 is 0. The van der Waals surface area contributed by atoms with E-state index in [-0.39, 0.29) is 24.8 Å². The van der Waals surface area contributed by atoms with Gasteiger partial charge in [0.15, 0.2) is 0 Å². The summed E-state index contributed by atoms with van der Waals surface area (Å²) in [4.78, 5) is 53.7. The number of fused-ring (bicyclic) bond motifs is 11. The highest BCUT2D eigenvalue weighted by Gasteiger charge is 2.36. The molecule has 0 spiro atoms. The van der Waals surface area contributed by atoms with Gasteiger partial charge >= 0.3 is 0 Å². The van der Waals surface area contributed by atoms with Crippen molar-refractivity contribution >= 4 is 23.6 Å². The number of hydrogen-bond acceptors (Lipinski definition) is 6. The fraction of sp³-hybridized carbons (Fsp3) is 0.630. The van der Waals surface area contributed by atoms with Crippen LogP contribution in [-0.4, -0.2) is 66.0 Å². The maximum atomic E-state index is 13.5. The molecule has 0 saturated carbocycles. The lowest BCUT2D eigenvalue weighted by molar-refractivity contribution is -0.142. The molecular weight excluding hydrogens is 476 g/mol. The second kappa shape index (κ2) is 14.0. The van der Waals surface area contributed by atoms with Crippen molar-refractivity contribution in [1.29, 1.82) is 0 Å². The average molecular weight is 517 g/mol. The van der Waals surface area contributed by atoms with E-state index >= 15 is 0 Å². The second-order valence-electron chi connectivity index (χ2n) is 10.4. The van der Waals surface area contributed by atoms with Crippen molar-refractivity contribution in [2.45, 2.75) is 64.8 Å². The number of benzene rings is 1. The third-order valence-electron chi connectivity index (χ3n) is 7.04. The lowest BCUT2D eigenvalue weighted by atomic mass is 9.81. The summed E-state index contributed by atoms with van der Waals surface area (Å²) in [6.07, 6.45) is 4.46. The first-order valence-electron chi connectivity index (χ1n) is 13.3. The van der Waals surface area contributed by atoms with Crippen LogP contribution in [0.25, 0.3) is 0 Å². The number of carbonyl (C=O) groups is 4. The summed E-state index contributed by atoms with van der Waals surface area (Å²) in [5.74, 6) is -2.44. The summed E-state index contributed by atoms with van der Waals surface area (Å²) in [7, 11) is 0. The van der Waals surface area contributed by atoms with Gasteiger partial charge in [-0.2, -0.15) is 0 Å². The normalized spacial score (nSPS) is 23.0. The third kappa shape index (κ3) is 8.45. The minimum absolute atomic E-state index is 0.0983. The van der Waals surface area contributed by atoms with E-state index in [0.717, 1.165) is 24.8 Å². The zero-order valence-corrected chi connectivity index (χ0v) is 21.8. The maximum absolute atomic E-state index is 13.5.